The minimum absolute atomic E-state index is 0.117. The summed E-state index contributed by atoms with van der Waals surface area (Å²) in [6.45, 7) is 6.55. The summed E-state index contributed by atoms with van der Waals surface area (Å²) in [4.78, 5) is 12.2. The van der Waals surface area contributed by atoms with Crippen LogP contribution in [-0.4, -0.2) is 29.4 Å². The third-order valence-electron chi connectivity index (χ3n) is 4.42. The molecule has 3 rings (SSSR count). The second-order valence-corrected chi connectivity index (χ2v) is 7.80. The number of H-pyrrole nitrogens is 1. The number of ether oxygens (including phenoxy) is 2. The first-order valence-electron chi connectivity index (χ1n) is 9.61. The minimum atomic E-state index is -0.382. The molecule has 2 aromatic carbocycles. The lowest BCUT2D eigenvalue weighted by Gasteiger charge is -2.14. The molecule has 30 heavy (non-hydrogen) atoms. The van der Waals surface area contributed by atoms with Crippen LogP contribution in [0.5, 0.6) is 11.5 Å². The van der Waals surface area contributed by atoms with Gasteiger partial charge in [0.2, 0.25) is 0 Å². The smallest absolute Gasteiger partial charge is 0.291 e. The van der Waals surface area contributed by atoms with Crippen LogP contribution in [0.25, 0.3) is 0 Å². The number of rotatable bonds is 7. The second kappa shape index (κ2) is 9.26. The standard InChI is InChI=1S/C23H26N4O3/c1-23(2,3)21-13-18(25-26-21)22(28)27-24-14-17-10-11-19(29-4)20(12-17)30-15-16-8-6-5-7-9-16/h5-14H,15H2,1-4H3,(H,25,26)(H,27,28)/b24-14-. The van der Waals surface area contributed by atoms with Crippen molar-refractivity contribution in [3.8, 4) is 11.5 Å². The Kier molecular flexibility index (Phi) is 6.51. The molecular formula is C23H26N4O3. The third-order valence-corrected chi connectivity index (χ3v) is 4.42. The van der Waals surface area contributed by atoms with Gasteiger partial charge >= 0.3 is 0 Å². The quantitative estimate of drug-likeness (QED) is 0.457. The van der Waals surface area contributed by atoms with Crippen LogP contribution in [0.3, 0.4) is 0 Å². The van der Waals surface area contributed by atoms with Crippen molar-refractivity contribution >= 4 is 12.1 Å². The Hall–Kier alpha value is -3.61. The number of hydrogen-bond acceptors (Lipinski definition) is 5. The van der Waals surface area contributed by atoms with Crippen LogP contribution in [-0.2, 0) is 12.0 Å². The van der Waals surface area contributed by atoms with Gasteiger partial charge in [0, 0.05) is 11.1 Å². The van der Waals surface area contributed by atoms with Gasteiger partial charge in [0.1, 0.15) is 6.61 Å². The second-order valence-electron chi connectivity index (χ2n) is 7.80. The summed E-state index contributed by atoms with van der Waals surface area (Å²) in [5.74, 6) is 0.837. The fourth-order valence-electron chi connectivity index (χ4n) is 2.67. The lowest BCUT2D eigenvalue weighted by atomic mass is 9.92. The highest BCUT2D eigenvalue weighted by Crippen LogP contribution is 2.28. The highest BCUT2D eigenvalue weighted by atomic mass is 16.5. The average Bonchev–Trinajstić information content (AvgIpc) is 3.24. The van der Waals surface area contributed by atoms with Gasteiger partial charge in [-0.1, -0.05) is 51.1 Å². The van der Waals surface area contributed by atoms with Gasteiger partial charge in [-0.2, -0.15) is 10.2 Å². The van der Waals surface area contributed by atoms with Crippen molar-refractivity contribution < 1.29 is 14.3 Å². The molecule has 0 aliphatic rings. The number of methoxy groups -OCH3 is 1. The Morgan fingerprint density at radius 1 is 1.13 bits per heavy atom. The first kappa shape index (κ1) is 21.1. The van der Waals surface area contributed by atoms with Crippen molar-refractivity contribution in [1.29, 1.82) is 0 Å². The third kappa shape index (κ3) is 5.47. The van der Waals surface area contributed by atoms with Crippen molar-refractivity contribution in [2.24, 2.45) is 5.10 Å². The van der Waals surface area contributed by atoms with Crippen LogP contribution in [0.2, 0.25) is 0 Å². The zero-order chi connectivity index (χ0) is 21.6. The maximum atomic E-state index is 12.2. The Morgan fingerprint density at radius 3 is 2.57 bits per heavy atom. The highest BCUT2D eigenvalue weighted by Gasteiger charge is 2.19. The number of hydrogen-bond donors (Lipinski definition) is 2. The van der Waals surface area contributed by atoms with Crippen LogP contribution in [0.4, 0.5) is 0 Å². The molecule has 2 N–H and O–H groups in total. The van der Waals surface area contributed by atoms with E-state index in [1.54, 1.807) is 25.5 Å². The number of aromatic amines is 1. The average molecular weight is 406 g/mol. The molecule has 0 radical (unpaired) electrons. The SMILES string of the molecule is COc1ccc(/C=N\NC(=O)c2cc(C(C)(C)C)[nH]n2)cc1OCc1ccccc1. The molecule has 0 atom stereocenters. The Labute approximate surface area is 176 Å². The molecule has 0 unspecified atom stereocenters. The predicted octanol–water partition coefficient (Wildman–Crippen LogP) is 4.06. The summed E-state index contributed by atoms with van der Waals surface area (Å²) in [6, 6.07) is 17.0. The minimum Gasteiger partial charge on any atom is -0.493 e. The fraction of sp³-hybridized carbons (Fsp3) is 0.261. The van der Waals surface area contributed by atoms with Crippen molar-refractivity contribution in [3.05, 3.63) is 77.1 Å². The molecule has 1 amide bonds. The predicted molar refractivity (Wildman–Crippen MR) is 116 cm³/mol. The van der Waals surface area contributed by atoms with Gasteiger partial charge in [-0.3, -0.25) is 9.89 Å². The first-order chi connectivity index (χ1) is 14.4. The van der Waals surface area contributed by atoms with Gasteiger partial charge in [-0.25, -0.2) is 5.43 Å². The summed E-state index contributed by atoms with van der Waals surface area (Å²) in [6.07, 6.45) is 1.55. The molecule has 0 saturated heterocycles. The van der Waals surface area contributed by atoms with E-state index in [0.29, 0.717) is 23.8 Å². The largest absolute Gasteiger partial charge is 0.493 e. The van der Waals surface area contributed by atoms with E-state index in [4.69, 9.17) is 9.47 Å². The van der Waals surface area contributed by atoms with Crippen molar-refractivity contribution in [2.45, 2.75) is 32.8 Å². The summed E-state index contributed by atoms with van der Waals surface area (Å²) < 4.78 is 11.3. The van der Waals surface area contributed by atoms with Gasteiger partial charge in [-0.05, 0) is 35.4 Å². The molecule has 156 valence electrons. The van der Waals surface area contributed by atoms with Gasteiger partial charge in [-0.15, -0.1) is 0 Å². The molecule has 0 spiro atoms. The van der Waals surface area contributed by atoms with Crippen LogP contribution < -0.4 is 14.9 Å². The van der Waals surface area contributed by atoms with E-state index in [1.807, 2.05) is 63.2 Å². The number of nitrogens with zero attached hydrogens (tertiary/aromatic N) is 2. The summed E-state index contributed by atoms with van der Waals surface area (Å²) in [7, 11) is 1.59. The highest BCUT2D eigenvalue weighted by molar-refractivity contribution is 5.93. The van der Waals surface area contributed by atoms with Crippen LogP contribution in [0, 0.1) is 0 Å². The van der Waals surface area contributed by atoms with Crippen LogP contribution in [0.15, 0.2) is 59.7 Å². The normalized spacial score (nSPS) is 11.5. The number of benzene rings is 2. The maximum absolute atomic E-state index is 12.2. The lowest BCUT2D eigenvalue weighted by Crippen LogP contribution is -2.18. The van der Waals surface area contributed by atoms with Crippen molar-refractivity contribution in [1.82, 2.24) is 15.6 Å². The molecule has 1 aromatic heterocycles. The van der Waals surface area contributed by atoms with E-state index >= 15 is 0 Å². The number of hydrazone groups is 1. The molecule has 0 bridgehead atoms. The van der Waals surface area contributed by atoms with Gasteiger partial charge in [0.05, 0.1) is 13.3 Å². The molecule has 3 aromatic rings. The van der Waals surface area contributed by atoms with Crippen molar-refractivity contribution in [3.63, 3.8) is 0 Å². The zero-order valence-electron chi connectivity index (χ0n) is 17.6. The Morgan fingerprint density at radius 2 is 1.90 bits per heavy atom. The number of nitrogens with one attached hydrogen (secondary N) is 2. The van der Waals surface area contributed by atoms with Crippen molar-refractivity contribution in [2.75, 3.05) is 7.11 Å². The van der Waals surface area contributed by atoms with E-state index in [-0.39, 0.29) is 11.3 Å². The van der Waals surface area contributed by atoms with E-state index < -0.39 is 0 Å². The Bertz CT molecular complexity index is 1020. The molecule has 0 fully saturated rings. The van der Waals surface area contributed by atoms with E-state index in [9.17, 15) is 4.79 Å². The maximum Gasteiger partial charge on any atom is 0.291 e. The lowest BCUT2D eigenvalue weighted by molar-refractivity contribution is 0.0950. The first-order valence-corrected chi connectivity index (χ1v) is 9.61. The molecule has 7 nitrogen and oxygen atoms in total. The molecule has 1 heterocycles. The van der Waals surface area contributed by atoms with E-state index in [2.05, 4.69) is 20.7 Å². The summed E-state index contributed by atoms with van der Waals surface area (Å²) in [5, 5.41) is 11.0. The molecular weight excluding hydrogens is 380 g/mol. The monoisotopic (exact) mass is 406 g/mol. The number of carbonyl (C=O) groups excluding carboxylic acids is 1. The van der Waals surface area contributed by atoms with Gasteiger partial charge < -0.3 is 9.47 Å². The van der Waals surface area contributed by atoms with E-state index in [1.165, 1.54) is 0 Å². The summed E-state index contributed by atoms with van der Waals surface area (Å²) >= 11 is 0. The molecule has 0 aliphatic carbocycles. The molecule has 0 saturated carbocycles. The number of aromatic nitrogens is 2. The van der Waals surface area contributed by atoms with Crippen LogP contribution in [0.1, 0.15) is 48.1 Å². The van der Waals surface area contributed by atoms with Crippen LogP contribution >= 0.6 is 0 Å². The fourth-order valence-corrected chi connectivity index (χ4v) is 2.67. The summed E-state index contributed by atoms with van der Waals surface area (Å²) in [5.41, 5.74) is 5.36. The number of carbonyl (C=O) groups is 1. The molecule has 7 heteroatoms. The molecule has 0 aliphatic heterocycles. The number of amides is 1. The zero-order valence-corrected chi connectivity index (χ0v) is 17.6. The topological polar surface area (TPSA) is 88.6 Å². The van der Waals surface area contributed by atoms with Gasteiger partial charge in [0.15, 0.2) is 17.2 Å². The van der Waals surface area contributed by atoms with E-state index in [0.717, 1.165) is 16.8 Å². The Balaban J connectivity index is 1.65. The van der Waals surface area contributed by atoms with Gasteiger partial charge in [0.25, 0.3) is 5.91 Å².